The van der Waals surface area contributed by atoms with Gasteiger partial charge in [-0.25, -0.2) is 14.8 Å². The molecule has 2 amide bonds. The third-order valence-corrected chi connectivity index (χ3v) is 7.30. The van der Waals surface area contributed by atoms with E-state index in [1.807, 2.05) is 55.6 Å². The Balaban J connectivity index is 1.24. The number of anilines is 3. The first kappa shape index (κ1) is 28.0. The number of hydrogen-bond donors (Lipinski definition) is 2. The van der Waals surface area contributed by atoms with E-state index in [1.54, 1.807) is 19.1 Å². The fourth-order valence-corrected chi connectivity index (χ4v) is 5.07. The third-order valence-electron chi connectivity index (χ3n) is 7.30. The van der Waals surface area contributed by atoms with Gasteiger partial charge in [-0.15, -0.1) is 0 Å². The summed E-state index contributed by atoms with van der Waals surface area (Å²) in [4.78, 5) is 40.6. The molecule has 0 atom stereocenters. The number of nitrogens with one attached hydrogen (secondary N) is 2. The highest BCUT2D eigenvalue weighted by atomic mass is 16.5. The van der Waals surface area contributed by atoms with Crippen LogP contribution in [0.4, 0.5) is 22.0 Å². The van der Waals surface area contributed by atoms with E-state index in [0.717, 1.165) is 57.8 Å². The van der Waals surface area contributed by atoms with E-state index in [9.17, 15) is 9.59 Å². The van der Waals surface area contributed by atoms with E-state index in [4.69, 9.17) is 14.7 Å². The van der Waals surface area contributed by atoms with Crippen LogP contribution >= 0.6 is 0 Å². The van der Waals surface area contributed by atoms with Crippen LogP contribution < -0.4 is 15.5 Å². The van der Waals surface area contributed by atoms with Gasteiger partial charge in [0, 0.05) is 59.3 Å². The van der Waals surface area contributed by atoms with Crippen LogP contribution in [0.25, 0.3) is 33.4 Å². The van der Waals surface area contributed by atoms with E-state index >= 15 is 0 Å². The average molecular weight is 573 g/mol. The van der Waals surface area contributed by atoms with Crippen molar-refractivity contribution in [2.75, 3.05) is 41.8 Å². The van der Waals surface area contributed by atoms with E-state index in [-0.39, 0.29) is 11.8 Å². The summed E-state index contributed by atoms with van der Waals surface area (Å²) in [5, 5.41) is 6.67. The van der Waals surface area contributed by atoms with Gasteiger partial charge < -0.3 is 20.3 Å². The summed E-state index contributed by atoms with van der Waals surface area (Å²) in [7, 11) is 0. The number of Topliss-reactive ketones (excluding diaryl/α,β-unsaturated/α-hetero) is 1. The van der Waals surface area contributed by atoms with Crippen molar-refractivity contribution in [3.63, 3.8) is 0 Å². The Labute approximate surface area is 250 Å². The molecule has 2 aromatic heterocycles. The number of hydrogen-bond acceptors (Lipinski definition) is 7. The molecular weight excluding hydrogens is 540 g/mol. The van der Waals surface area contributed by atoms with Gasteiger partial charge >= 0.3 is 6.03 Å². The van der Waals surface area contributed by atoms with Crippen molar-refractivity contribution in [2.24, 2.45) is 0 Å². The molecule has 0 bridgehead atoms. The monoisotopic (exact) mass is 572 g/mol. The number of aromatic nitrogens is 3. The number of ether oxygens (including phenoxy) is 1. The number of amides is 2. The van der Waals surface area contributed by atoms with Crippen LogP contribution in [-0.4, -0.2) is 53.1 Å². The molecule has 0 spiro atoms. The normalized spacial score (nSPS) is 13.1. The Morgan fingerprint density at radius 3 is 2.12 bits per heavy atom. The van der Waals surface area contributed by atoms with E-state index in [2.05, 4.69) is 44.8 Å². The molecule has 1 aliphatic rings. The maximum Gasteiger partial charge on any atom is 0.323 e. The third kappa shape index (κ3) is 6.68. The van der Waals surface area contributed by atoms with Crippen LogP contribution in [0.1, 0.15) is 18.2 Å². The predicted molar refractivity (Wildman–Crippen MR) is 169 cm³/mol. The van der Waals surface area contributed by atoms with E-state index in [1.165, 1.54) is 0 Å². The highest BCUT2D eigenvalue weighted by Gasteiger charge is 2.19. The molecule has 0 saturated carbocycles. The minimum absolute atomic E-state index is 0.0952. The van der Waals surface area contributed by atoms with Gasteiger partial charge in [-0.2, -0.15) is 0 Å². The van der Waals surface area contributed by atoms with Gasteiger partial charge in [0.2, 0.25) is 0 Å². The standard InChI is InChI=1S/C34H32N6O3/c1-22-3-6-27(21-35-22)26-9-14-30-31(20-26)38-32(39-33(30)40-15-17-43-18-16-40)25-7-12-29(13-8-25)37-34(42)36-28-10-4-24(5-11-28)19-23(2)41/h3-14,20-21H,15-19H2,1-2H3,(H2,36,37,42). The molecule has 6 rings (SSSR count). The Kier molecular flexibility index (Phi) is 8.06. The number of urea groups is 1. The maximum absolute atomic E-state index is 12.6. The summed E-state index contributed by atoms with van der Waals surface area (Å²) in [6.07, 6.45) is 2.26. The Bertz CT molecular complexity index is 1760. The summed E-state index contributed by atoms with van der Waals surface area (Å²) >= 11 is 0. The fourth-order valence-electron chi connectivity index (χ4n) is 5.07. The summed E-state index contributed by atoms with van der Waals surface area (Å²) in [6, 6.07) is 24.7. The molecule has 1 fully saturated rings. The van der Waals surface area contributed by atoms with Gasteiger partial charge in [0.15, 0.2) is 5.82 Å². The highest BCUT2D eigenvalue weighted by Crippen LogP contribution is 2.32. The highest BCUT2D eigenvalue weighted by molar-refractivity contribution is 6.00. The molecule has 43 heavy (non-hydrogen) atoms. The van der Waals surface area contributed by atoms with Gasteiger partial charge in [-0.05, 0) is 79.6 Å². The topological polar surface area (TPSA) is 109 Å². The van der Waals surface area contributed by atoms with Crippen molar-refractivity contribution >= 4 is 39.9 Å². The summed E-state index contributed by atoms with van der Waals surface area (Å²) in [5.41, 5.74) is 6.91. The number of aryl methyl sites for hydroxylation is 1. The minimum atomic E-state index is -0.359. The Morgan fingerprint density at radius 1 is 0.814 bits per heavy atom. The molecule has 3 aromatic carbocycles. The number of rotatable bonds is 7. The lowest BCUT2D eigenvalue weighted by Gasteiger charge is -2.29. The molecule has 1 saturated heterocycles. The maximum atomic E-state index is 12.6. The van der Waals surface area contributed by atoms with Crippen molar-refractivity contribution in [1.82, 2.24) is 15.0 Å². The van der Waals surface area contributed by atoms with Crippen molar-refractivity contribution in [1.29, 1.82) is 0 Å². The Hall–Kier alpha value is -5.15. The van der Waals surface area contributed by atoms with Crippen LogP contribution in [0.3, 0.4) is 0 Å². The van der Waals surface area contributed by atoms with Gasteiger partial charge in [0.1, 0.15) is 11.6 Å². The molecule has 216 valence electrons. The average Bonchev–Trinajstić information content (AvgIpc) is 3.02. The largest absolute Gasteiger partial charge is 0.378 e. The molecule has 0 radical (unpaired) electrons. The van der Waals surface area contributed by atoms with Crippen LogP contribution in [0.2, 0.25) is 0 Å². The molecule has 0 aliphatic carbocycles. The molecule has 0 unspecified atom stereocenters. The second-order valence-corrected chi connectivity index (χ2v) is 10.6. The second kappa shape index (κ2) is 12.4. The van der Waals surface area contributed by atoms with E-state index in [0.29, 0.717) is 36.8 Å². The number of fused-ring (bicyclic) bond motifs is 1. The first-order valence-electron chi connectivity index (χ1n) is 14.3. The lowest BCUT2D eigenvalue weighted by atomic mass is 10.0. The number of morpholine rings is 1. The molecule has 9 nitrogen and oxygen atoms in total. The Morgan fingerprint density at radius 2 is 1.47 bits per heavy atom. The number of carbonyl (C=O) groups is 2. The lowest BCUT2D eigenvalue weighted by molar-refractivity contribution is -0.116. The van der Waals surface area contributed by atoms with Crippen molar-refractivity contribution in [3.05, 3.63) is 96.3 Å². The van der Waals surface area contributed by atoms with Gasteiger partial charge in [0.25, 0.3) is 0 Å². The SMILES string of the molecule is CC(=O)Cc1ccc(NC(=O)Nc2ccc(-c3nc(N4CCOCC4)c4ccc(-c5ccc(C)nc5)cc4n3)cc2)cc1. The number of benzene rings is 3. The second-order valence-electron chi connectivity index (χ2n) is 10.6. The van der Waals surface area contributed by atoms with Crippen LogP contribution in [0, 0.1) is 6.92 Å². The van der Waals surface area contributed by atoms with Crippen molar-refractivity contribution in [2.45, 2.75) is 20.3 Å². The van der Waals surface area contributed by atoms with Crippen molar-refractivity contribution < 1.29 is 14.3 Å². The number of carbonyl (C=O) groups excluding carboxylic acids is 2. The first-order chi connectivity index (χ1) is 20.9. The number of nitrogens with zero attached hydrogens (tertiary/aromatic N) is 4. The number of ketones is 1. The van der Waals surface area contributed by atoms with Gasteiger partial charge in [0.05, 0.1) is 18.7 Å². The molecule has 3 heterocycles. The predicted octanol–water partition coefficient (Wildman–Crippen LogP) is 6.28. The lowest BCUT2D eigenvalue weighted by Crippen LogP contribution is -2.37. The molecule has 2 N–H and O–H groups in total. The van der Waals surface area contributed by atoms with Crippen LogP contribution in [0.5, 0.6) is 0 Å². The summed E-state index contributed by atoms with van der Waals surface area (Å²) in [6.45, 7) is 6.35. The van der Waals surface area contributed by atoms with E-state index < -0.39 is 0 Å². The molecular formula is C34H32N6O3. The summed E-state index contributed by atoms with van der Waals surface area (Å²) in [5.74, 6) is 1.58. The first-order valence-corrected chi connectivity index (χ1v) is 14.3. The van der Waals surface area contributed by atoms with Crippen LogP contribution in [0.15, 0.2) is 85.1 Å². The van der Waals surface area contributed by atoms with Gasteiger partial charge in [-0.3, -0.25) is 9.78 Å². The summed E-state index contributed by atoms with van der Waals surface area (Å²) < 4.78 is 5.59. The molecule has 9 heteroatoms. The zero-order valence-corrected chi connectivity index (χ0v) is 24.1. The smallest absolute Gasteiger partial charge is 0.323 e. The van der Waals surface area contributed by atoms with Crippen LogP contribution in [-0.2, 0) is 16.0 Å². The van der Waals surface area contributed by atoms with Crippen molar-refractivity contribution in [3.8, 4) is 22.5 Å². The molecule has 1 aliphatic heterocycles. The molecule has 5 aromatic rings. The zero-order chi connectivity index (χ0) is 29.8. The number of pyridine rings is 1. The van der Waals surface area contributed by atoms with Gasteiger partial charge in [-0.1, -0.05) is 24.3 Å². The fraction of sp³-hybridized carbons (Fsp3) is 0.206. The zero-order valence-electron chi connectivity index (χ0n) is 24.1. The quantitative estimate of drug-likeness (QED) is 0.236. The minimum Gasteiger partial charge on any atom is -0.378 e.